The minimum Gasteiger partial charge on any atom is -0.413 e. The molecule has 0 saturated heterocycles. The summed E-state index contributed by atoms with van der Waals surface area (Å²) in [4.78, 5) is 3.83. The second kappa shape index (κ2) is 5.91. The van der Waals surface area contributed by atoms with E-state index in [9.17, 15) is 13.2 Å². The van der Waals surface area contributed by atoms with E-state index in [1.165, 1.54) is 0 Å². The largest absolute Gasteiger partial charge is 0.434 e. The molecule has 0 spiro atoms. The van der Waals surface area contributed by atoms with Gasteiger partial charge < -0.3 is 4.43 Å². The SMILES string of the molecule is CC(C)(C)[Si](C)(C)OC1CCCC1c1nc(C(F)(F)F)cs1. The summed E-state index contributed by atoms with van der Waals surface area (Å²) in [6, 6.07) is 0. The monoisotopic (exact) mass is 351 g/mol. The lowest BCUT2D eigenvalue weighted by Gasteiger charge is -2.39. The van der Waals surface area contributed by atoms with Gasteiger partial charge in [-0.25, -0.2) is 4.98 Å². The second-order valence-corrected chi connectivity index (χ2v) is 13.2. The van der Waals surface area contributed by atoms with Gasteiger partial charge in [0.05, 0.1) is 11.1 Å². The van der Waals surface area contributed by atoms with Crippen LogP contribution in [0.3, 0.4) is 0 Å². The van der Waals surface area contributed by atoms with Crippen molar-refractivity contribution in [2.24, 2.45) is 0 Å². The van der Waals surface area contributed by atoms with E-state index in [2.05, 4.69) is 38.8 Å². The van der Waals surface area contributed by atoms with E-state index >= 15 is 0 Å². The van der Waals surface area contributed by atoms with Crippen molar-refractivity contribution in [3.63, 3.8) is 0 Å². The molecule has 1 aromatic rings. The summed E-state index contributed by atoms with van der Waals surface area (Å²) in [5, 5.41) is 1.80. The molecule has 2 nitrogen and oxygen atoms in total. The maximum Gasteiger partial charge on any atom is 0.434 e. The van der Waals surface area contributed by atoms with E-state index in [-0.39, 0.29) is 17.1 Å². The highest BCUT2D eigenvalue weighted by Gasteiger charge is 2.43. The number of halogens is 3. The molecule has 2 atom stereocenters. The van der Waals surface area contributed by atoms with Gasteiger partial charge in [-0.3, -0.25) is 0 Å². The summed E-state index contributed by atoms with van der Waals surface area (Å²) in [5.41, 5.74) is -0.773. The van der Waals surface area contributed by atoms with Gasteiger partial charge in [-0.05, 0) is 31.0 Å². The highest BCUT2D eigenvalue weighted by molar-refractivity contribution is 7.09. The van der Waals surface area contributed by atoms with E-state index < -0.39 is 20.2 Å². The minimum absolute atomic E-state index is 0.00752. The van der Waals surface area contributed by atoms with E-state index in [0.717, 1.165) is 36.0 Å². The van der Waals surface area contributed by atoms with Crippen molar-refractivity contribution in [1.82, 2.24) is 4.98 Å². The number of aromatic nitrogens is 1. The van der Waals surface area contributed by atoms with Gasteiger partial charge in [0.2, 0.25) is 0 Å². The van der Waals surface area contributed by atoms with Crippen molar-refractivity contribution >= 4 is 19.7 Å². The molecule has 7 heteroatoms. The number of hydrogen-bond acceptors (Lipinski definition) is 3. The van der Waals surface area contributed by atoms with Crippen LogP contribution in [0.4, 0.5) is 13.2 Å². The summed E-state index contributed by atoms with van der Waals surface area (Å²) in [6.45, 7) is 10.9. The van der Waals surface area contributed by atoms with Crippen LogP contribution in [0, 0.1) is 0 Å². The molecule has 126 valence electrons. The fourth-order valence-electron chi connectivity index (χ4n) is 2.49. The Morgan fingerprint density at radius 2 is 1.86 bits per heavy atom. The smallest absolute Gasteiger partial charge is 0.413 e. The summed E-state index contributed by atoms with van der Waals surface area (Å²) in [7, 11) is -1.92. The molecule has 1 saturated carbocycles. The molecule has 1 fully saturated rings. The molecule has 1 aliphatic rings. The van der Waals surface area contributed by atoms with Gasteiger partial charge in [0, 0.05) is 11.3 Å². The molecule has 0 bridgehead atoms. The van der Waals surface area contributed by atoms with E-state index in [0.29, 0.717) is 5.01 Å². The van der Waals surface area contributed by atoms with Gasteiger partial charge in [-0.1, -0.05) is 27.2 Å². The van der Waals surface area contributed by atoms with Crippen LogP contribution in [-0.2, 0) is 10.6 Å². The van der Waals surface area contributed by atoms with Gasteiger partial charge in [0.15, 0.2) is 14.0 Å². The van der Waals surface area contributed by atoms with Crippen LogP contribution in [0.5, 0.6) is 0 Å². The first-order chi connectivity index (χ1) is 9.92. The zero-order valence-corrected chi connectivity index (χ0v) is 15.6. The molecule has 1 aliphatic carbocycles. The average molecular weight is 352 g/mol. The molecule has 0 radical (unpaired) electrons. The van der Waals surface area contributed by atoms with E-state index in [1.807, 2.05) is 0 Å². The zero-order chi connectivity index (χ0) is 16.8. The van der Waals surface area contributed by atoms with Crippen molar-refractivity contribution in [2.75, 3.05) is 0 Å². The van der Waals surface area contributed by atoms with Crippen LogP contribution in [0.1, 0.15) is 56.7 Å². The lowest BCUT2D eigenvalue weighted by atomic mass is 10.1. The second-order valence-electron chi connectivity index (χ2n) is 7.52. The molecule has 2 unspecified atom stereocenters. The topological polar surface area (TPSA) is 22.1 Å². The van der Waals surface area contributed by atoms with Crippen molar-refractivity contribution in [3.8, 4) is 0 Å². The Bertz CT molecular complexity index is 522. The van der Waals surface area contributed by atoms with E-state index in [1.54, 1.807) is 0 Å². The Kier molecular flexibility index (Phi) is 4.82. The number of alkyl halides is 3. The number of thiazole rings is 1. The Balaban J connectivity index is 2.16. The van der Waals surface area contributed by atoms with Gasteiger partial charge in [-0.2, -0.15) is 13.2 Å². The van der Waals surface area contributed by atoms with Crippen LogP contribution in [-0.4, -0.2) is 19.4 Å². The fourth-order valence-corrected chi connectivity index (χ4v) is 4.90. The maximum atomic E-state index is 12.7. The summed E-state index contributed by atoms with van der Waals surface area (Å²) in [5.74, 6) is 0.00947. The zero-order valence-electron chi connectivity index (χ0n) is 13.8. The Hall–Kier alpha value is -0.403. The number of hydrogen-bond donors (Lipinski definition) is 0. The molecule has 0 amide bonds. The summed E-state index contributed by atoms with van der Waals surface area (Å²) < 4.78 is 44.6. The molecule has 0 aromatic carbocycles. The van der Waals surface area contributed by atoms with Crippen LogP contribution in [0.15, 0.2) is 5.38 Å². The first-order valence-corrected chi connectivity index (χ1v) is 11.4. The Morgan fingerprint density at radius 1 is 1.23 bits per heavy atom. The van der Waals surface area contributed by atoms with Gasteiger partial charge >= 0.3 is 6.18 Å². The fraction of sp³-hybridized carbons (Fsp3) is 0.800. The summed E-state index contributed by atoms with van der Waals surface area (Å²) >= 11 is 1.12. The molecule has 22 heavy (non-hydrogen) atoms. The standard InChI is InChI=1S/C15H24F3NOSSi/c1-14(2,3)22(4,5)20-11-8-6-7-10(11)13-19-12(9-21-13)15(16,17)18/h9-11H,6-8H2,1-5H3. The first-order valence-electron chi connectivity index (χ1n) is 7.62. The van der Waals surface area contributed by atoms with E-state index in [4.69, 9.17) is 4.43 Å². The third-order valence-corrected chi connectivity index (χ3v) is 10.3. The lowest BCUT2D eigenvalue weighted by molar-refractivity contribution is -0.140. The Morgan fingerprint density at radius 3 is 2.36 bits per heavy atom. The third-order valence-electron chi connectivity index (χ3n) is 4.83. The van der Waals surface area contributed by atoms with Crippen LogP contribution in [0.25, 0.3) is 0 Å². The molecular formula is C15H24F3NOSSi. The average Bonchev–Trinajstić information content (AvgIpc) is 2.93. The highest BCUT2D eigenvalue weighted by Crippen LogP contribution is 2.45. The van der Waals surface area contributed by atoms with Crippen molar-refractivity contribution in [3.05, 3.63) is 16.1 Å². The van der Waals surface area contributed by atoms with Crippen molar-refractivity contribution in [2.45, 2.75) is 76.4 Å². The minimum atomic E-state index is -4.36. The molecule has 1 heterocycles. The lowest BCUT2D eigenvalue weighted by Crippen LogP contribution is -2.44. The number of rotatable bonds is 3. The van der Waals surface area contributed by atoms with Crippen LogP contribution >= 0.6 is 11.3 Å². The van der Waals surface area contributed by atoms with Gasteiger partial charge in [-0.15, -0.1) is 11.3 Å². The van der Waals surface area contributed by atoms with Gasteiger partial charge in [0.1, 0.15) is 0 Å². The summed E-state index contributed by atoms with van der Waals surface area (Å²) in [6.07, 6.45) is -1.58. The molecular weight excluding hydrogens is 327 g/mol. The molecule has 1 aromatic heterocycles. The quantitative estimate of drug-likeness (QED) is 0.640. The molecule has 0 aliphatic heterocycles. The predicted octanol–water partition coefficient (Wildman–Crippen LogP) is 5.82. The molecule has 2 rings (SSSR count). The third kappa shape index (κ3) is 3.74. The van der Waals surface area contributed by atoms with Crippen LogP contribution < -0.4 is 0 Å². The van der Waals surface area contributed by atoms with Crippen molar-refractivity contribution < 1.29 is 17.6 Å². The Labute approximate surface area is 135 Å². The first kappa shape index (κ1) is 17.9. The maximum absolute atomic E-state index is 12.7. The van der Waals surface area contributed by atoms with Gasteiger partial charge in [0.25, 0.3) is 0 Å². The normalized spacial score (nSPS) is 24.0. The van der Waals surface area contributed by atoms with Crippen molar-refractivity contribution in [1.29, 1.82) is 0 Å². The number of nitrogens with zero attached hydrogens (tertiary/aromatic N) is 1. The highest BCUT2D eigenvalue weighted by atomic mass is 32.1. The predicted molar refractivity (Wildman–Crippen MR) is 85.8 cm³/mol. The van der Waals surface area contributed by atoms with Crippen LogP contribution in [0.2, 0.25) is 18.1 Å². The molecule has 0 N–H and O–H groups in total.